The van der Waals surface area contributed by atoms with Crippen molar-refractivity contribution in [2.45, 2.75) is 46.1 Å². The third-order valence-electron chi connectivity index (χ3n) is 4.77. The summed E-state index contributed by atoms with van der Waals surface area (Å²) in [6.45, 7) is 8.85. The minimum atomic E-state index is -0.316. The lowest BCUT2D eigenvalue weighted by molar-refractivity contribution is -0.129. The number of nitrogens with one attached hydrogen (secondary N) is 1. The molecule has 1 heterocycles. The number of rotatable bonds is 6. The van der Waals surface area contributed by atoms with E-state index in [9.17, 15) is 4.79 Å². The Morgan fingerprint density at radius 1 is 1.36 bits per heavy atom. The van der Waals surface area contributed by atoms with E-state index in [0.29, 0.717) is 6.54 Å². The van der Waals surface area contributed by atoms with Gasteiger partial charge in [0.25, 0.3) is 0 Å². The molecule has 1 unspecified atom stereocenters. The van der Waals surface area contributed by atoms with Crippen LogP contribution in [0, 0.1) is 5.41 Å². The first-order valence-corrected chi connectivity index (χ1v) is 8.59. The van der Waals surface area contributed by atoms with Crippen molar-refractivity contribution in [3.05, 3.63) is 34.9 Å². The van der Waals surface area contributed by atoms with Crippen LogP contribution < -0.4 is 5.32 Å². The van der Waals surface area contributed by atoms with Gasteiger partial charge in [-0.05, 0) is 50.0 Å². The summed E-state index contributed by atoms with van der Waals surface area (Å²) in [7, 11) is 0. The van der Waals surface area contributed by atoms with Crippen molar-refractivity contribution in [1.29, 1.82) is 0 Å². The molecule has 1 aromatic rings. The minimum absolute atomic E-state index is 0.126. The second-order valence-electron chi connectivity index (χ2n) is 6.76. The summed E-state index contributed by atoms with van der Waals surface area (Å²) in [5, 5.41) is 3.90. The van der Waals surface area contributed by atoms with Crippen molar-refractivity contribution in [2.75, 3.05) is 19.6 Å². The average molecular weight is 323 g/mol. The lowest BCUT2D eigenvalue weighted by Gasteiger charge is -2.30. The predicted molar refractivity (Wildman–Crippen MR) is 92.1 cm³/mol. The van der Waals surface area contributed by atoms with Gasteiger partial charge in [-0.15, -0.1) is 0 Å². The van der Waals surface area contributed by atoms with Gasteiger partial charge in [0.15, 0.2) is 0 Å². The zero-order valence-electron chi connectivity index (χ0n) is 13.9. The van der Waals surface area contributed by atoms with E-state index in [2.05, 4.69) is 23.2 Å². The molecule has 1 aromatic carbocycles. The van der Waals surface area contributed by atoms with Crippen LogP contribution in [-0.2, 0) is 4.79 Å². The number of carbonyl (C=O) groups is 1. The maximum absolute atomic E-state index is 12.4. The van der Waals surface area contributed by atoms with Gasteiger partial charge in [0.2, 0.25) is 5.91 Å². The molecule has 1 fully saturated rings. The largest absolute Gasteiger partial charge is 0.354 e. The predicted octanol–water partition coefficient (Wildman–Crippen LogP) is 4.03. The van der Waals surface area contributed by atoms with Crippen molar-refractivity contribution >= 4 is 17.5 Å². The Balaban J connectivity index is 2.10. The summed E-state index contributed by atoms with van der Waals surface area (Å²) in [5.74, 6) is 0.126. The van der Waals surface area contributed by atoms with Crippen LogP contribution in [0.2, 0.25) is 5.02 Å². The quantitative estimate of drug-likeness (QED) is 0.857. The maximum atomic E-state index is 12.4. The molecule has 1 saturated heterocycles. The number of amides is 1. The summed E-state index contributed by atoms with van der Waals surface area (Å²) in [4.78, 5) is 14.8. The molecule has 122 valence electrons. The monoisotopic (exact) mass is 322 g/mol. The number of hydrogen-bond acceptors (Lipinski definition) is 2. The van der Waals surface area contributed by atoms with Crippen molar-refractivity contribution < 1.29 is 4.79 Å². The van der Waals surface area contributed by atoms with E-state index >= 15 is 0 Å². The average Bonchev–Trinajstić information content (AvgIpc) is 3.01. The van der Waals surface area contributed by atoms with E-state index < -0.39 is 0 Å². The third kappa shape index (κ3) is 4.23. The summed E-state index contributed by atoms with van der Waals surface area (Å²) < 4.78 is 0. The van der Waals surface area contributed by atoms with E-state index in [1.54, 1.807) is 0 Å². The summed E-state index contributed by atoms with van der Waals surface area (Å²) in [5.41, 5.74) is 0.869. The molecular weight excluding hydrogens is 296 g/mol. The van der Waals surface area contributed by atoms with Gasteiger partial charge in [-0.1, -0.05) is 44.5 Å². The molecule has 1 amide bonds. The van der Waals surface area contributed by atoms with Crippen LogP contribution in [0.4, 0.5) is 0 Å². The van der Waals surface area contributed by atoms with Crippen molar-refractivity contribution in [2.24, 2.45) is 5.41 Å². The molecule has 22 heavy (non-hydrogen) atoms. The number of nitrogens with zero attached hydrogens (tertiary/aromatic N) is 1. The molecule has 0 aliphatic carbocycles. The Kier molecular flexibility index (Phi) is 5.87. The smallest absolute Gasteiger partial charge is 0.225 e. The fourth-order valence-electron chi connectivity index (χ4n) is 2.81. The molecule has 1 aliphatic rings. The Morgan fingerprint density at radius 3 is 2.64 bits per heavy atom. The Morgan fingerprint density at radius 2 is 2.05 bits per heavy atom. The summed E-state index contributed by atoms with van der Waals surface area (Å²) >= 11 is 6.15. The molecule has 0 radical (unpaired) electrons. The molecule has 1 aliphatic heterocycles. The number of likely N-dealkylation sites (tertiary alicyclic amines) is 1. The summed E-state index contributed by atoms with van der Waals surface area (Å²) in [6.07, 6.45) is 3.29. The second-order valence-corrected chi connectivity index (χ2v) is 7.20. The lowest BCUT2D eigenvalue weighted by atomic mass is 9.89. The number of benzene rings is 1. The lowest BCUT2D eigenvalue weighted by Crippen LogP contribution is -2.42. The van der Waals surface area contributed by atoms with E-state index in [4.69, 9.17) is 11.6 Å². The normalized spacial score (nSPS) is 17.5. The highest BCUT2D eigenvalue weighted by molar-refractivity contribution is 6.30. The molecule has 1 atom stereocenters. The highest BCUT2D eigenvalue weighted by Crippen LogP contribution is 2.27. The molecule has 0 spiro atoms. The molecule has 3 nitrogen and oxygen atoms in total. The van der Waals surface area contributed by atoms with Gasteiger partial charge in [-0.2, -0.15) is 0 Å². The van der Waals surface area contributed by atoms with Crippen LogP contribution in [0.15, 0.2) is 24.3 Å². The summed E-state index contributed by atoms with van der Waals surface area (Å²) in [6, 6.07) is 8.20. The van der Waals surface area contributed by atoms with Crippen LogP contribution in [0.25, 0.3) is 0 Å². The van der Waals surface area contributed by atoms with E-state index in [1.807, 2.05) is 32.0 Å². The van der Waals surface area contributed by atoms with Crippen LogP contribution >= 0.6 is 11.6 Å². The Hall–Kier alpha value is -1.06. The first-order chi connectivity index (χ1) is 10.4. The van der Waals surface area contributed by atoms with Gasteiger partial charge in [-0.3, -0.25) is 9.69 Å². The molecule has 0 bridgehead atoms. The van der Waals surface area contributed by atoms with Crippen LogP contribution in [0.1, 0.15) is 51.6 Å². The highest BCUT2D eigenvalue weighted by Gasteiger charge is 2.28. The number of carbonyl (C=O) groups excluding carboxylic acids is 1. The van der Waals surface area contributed by atoms with Crippen LogP contribution in [-0.4, -0.2) is 30.4 Å². The molecule has 0 saturated carbocycles. The van der Waals surface area contributed by atoms with Gasteiger partial charge in [0.1, 0.15) is 0 Å². The first-order valence-electron chi connectivity index (χ1n) is 8.22. The van der Waals surface area contributed by atoms with Crippen LogP contribution in [0.5, 0.6) is 0 Å². The third-order valence-corrected chi connectivity index (χ3v) is 5.00. The van der Waals surface area contributed by atoms with Gasteiger partial charge >= 0.3 is 0 Å². The van der Waals surface area contributed by atoms with Gasteiger partial charge < -0.3 is 5.32 Å². The topological polar surface area (TPSA) is 32.3 Å². The molecule has 4 heteroatoms. The van der Waals surface area contributed by atoms with E-state index in [1.165, 1.54) is 18.4 Å². The van der Waals surface area contributed by atoms with Crippen LogP contribution in [0.3, 0.4) is 0 Å². The van der Waals surface area contributed by atoms with Gasteiger partial charge in [0.05, 0.1) is 6.04 Å². The maximum Gasteiger partial charge on any atom is 0.225 e. The van der Waals surface area contributed by atoms with Crippen molar-refractivity contribution in [1.82, 2.24) is 10.2 Å². The Labute approximate surface area is 139 Å². The Bertz CT molecular complexity index is 510. The number of hydrogen-bond donors (Lipinski definition) is 1. The molecular formula is C18H27ClN2O. The number of halogens is 1. The zero-order chi connectivity index (χ0) is 16.2. The van der Waals surface area contributed by atoms with Gasteiger partial charge in [0, 0.05) is 17.0 Å². The minimum Gasteiger partial charge on any atom is -0.354 e. The van der Waals surface area contributed by atoms with E-state index in [0.717, 1.165) is 24.5 Å². The fraction of sp³-hybridized carbons (Fsp3) is 0.611. The first kappa shape index (κ1) is 17.3. The fourth-order valence-corrected chi connectivity index (χ4v) is 3.01. The van der Waals surface area contributed by atoms with Crippen molar-refractivity contribution in [3.63, 3.8) is 0 Å². The molecule has 0 aromatic heterocycles. The second kappa shape index (κ2) is 7.47. The molecule has 1 N–H and O–H groups in total. The van der Waals surface area contributed by atoms with Crippen molar-refractivity contribution in [3.8, 4) is 0 Å². The highest BCUT2D eigenvalue weighted by atomic mass is 35.5. The molecule has 2 rings (SSSR count). The standard InChI is InChI=1S/C18H27ClN2O/c1-4-18(2,3)17(22)20-13-16(21-10-5-6-11-21)14-8-7-9-15(19)12-14/h7-9,12,16H,4-6,10-11,13H2,1-3H3,(H,20,22). The SMILES string of the molecule is CCC(C)(C)C(=O)NCC(c1cccc(Cl)c1)N1CCCC1. The van der Waals surface area contributed by atoms with E-state index in [-0.39, 0.29) is 17.4 Å². The zero-order valence-corrected chi connectivity index (χ0v) is 14.6. The van der Waals surface area contributed by atoms with Gasteiger partial charge in [-0.25, -0.2) is 0 Å².